The van der Waals surface area contributed by atoms with Crippen LogP contribution in [0.1, 0.15) is 36.2 Å². The van der Waals surface area contributed by atoms with Gasteiger partial charge in [-0.1, -0.05) is 18.0 Å². The van der Waals surface area contributed by atoms with Crippen LogP contribution in [0.3, 0.4) is 0 Å². The average Bonchev–Trinajstić information content (AvgIpc) is 2.90. The van der Waals surface area contributed by atoms with Gasteiger partial charge in [0.15, 0.2) is 0 Å². The van der Waals surface area contributed by atoms with Gasteiger partial charge >= 0.3 is 0 Å². The number of hydrogen-bond donors (Lipinski definition) is 1. The summed E-state index contributed by atoms with van der Waals surface area (Å²) in [5.74, 6) is 0.599. The molecule has 2 unspecified atom stereocenters. The molecule has 1 aliphatic rings. The van der Waals surface area contributed by atoms with Crippen molar-refractivity contribution >= 4 is 5.91 Å². The fourth-order valence-electron chi connectivity index (χ4n) is 2.62. The smallest absolute Gasteiger partial charge is 0.292 e. The number of aromatic nitrogens is 1. The molecule has 1 aliphatic carbocycles. The standard InChI is InChI=1S/C12H19N3O2/c1-15(12(16)11-6-7-14-17-11)10-5-3-2-4-9(10)8-13/h6-7,9-10H,2-5,8,13H2,1H3. The zero-order valence-corrected chi connectivity index (χ0v) is 10.1. The van der Waals surface area contributed by atoms with Crippen molar-refractivity contribution in [2.24, 2.45) is 11.7 Å². The van der Waals surface area contributed by atoms with E-state index in [9.17, 15) is 4.79 Å². The molecule has 5 nitrogen and oxygen atoms in total. The number of carbonyl (C=O) groups excluding carboxylic acids is 1. The predicted molar refractivity (Wildman–Crippen MR) is 63.4 cm³/mol. The van der Waals surface area contributed by atoms with E-state index in [1.54, 1.807) is 11.0 Å². The van der Waals surface area contributed by atoms with E-state index in [0.717, 1.165) is 19.3 Å². The SMILES string of the molecule is CN(C(=O)c1ccno1)C1CCCCC1CN. The molecule has 0 aromatic carbocycles. The molecule has 0 saturated heterocycles. The highest BCUT2D eigenvalue weighted by Gasteiger charge is 2.31. The first-order chi connectivity index (χ1) is 8.24. The van der Waals surface area contributed by atoms with Gasteiger partial charge in [0.2, 0.25) is 5.76 Å². The fraction of sp³-hybridized carbons (Fsp3) is 0.667. The topological polar surface area (TPSA) is 72.4 Å². The van der Waals surface area contributed by atoms with Crippen molar-refractivity contribution in [3.8, 4) is 0 Å². The second-order valence-corrected chi connectivity index (χ2v) is 4.64. The molecule has 1 heterocycles. The van der Waals surface area contributed by atoms with Crippen LogP contribution in [-0.4, -0.2) is 35.6 Å². The minimum Gasteiger partial charge on any atom is -0.351 e. The summed E-state index contributed by atoms with van der Waals surface area (Å²) in [4.78, 5) is 13.9. The maximum absolute atomic E-state index is 12.1. The lowest BCUT2D eigenvalue weighted by Crippen LogP contribution is -2.45. The van der Waals surface area contributed by atoms with Crippen molar-refractivity contribution in [2.45, 2.75) is 31.7 Å². The summed E-state index contributed by atoms with van der Waals surface area (Å²) in [5, 5.41) is 3.56. The van der Waals surface area contributed by atoms with Crippen molar-refractivity contribution in [3.63, 3.8) is 0 Å². The average molecular weight is 237 g/mol. The van der Waals surface area contributed by atoms with Gasteiger partial charge in [0.1, 0.15) is 0 Å². The molecule has 0 spiro atoms. The van der Waals surface area contributed by atoms with Crippen LogP contribution in [-0.2, 0) is 0 Å². The predicted octanol–water partition coefficient (Wildman–Crippen LogP) is 1.26. The maximum Gasteiger partial charge on any atom is 0.292 e. The Morgan fingerprint density at radius 3 is 3.00 bits per heavy atom. The fourth-order valence-corrected chi connectivity index (χ4v) is 2.62. The van der Waals surface area contributed by atoms with Crippen LogP contribution >= 0.6 is 0 Å². The van der Waals surface area contributed by atoms with E-state index in [2.05, 4.69) is 5.16 Å². The van der Waals surface area contributed by atoms with Crippen molar-refractivity contribution in [1.29, 1.82) is 0 Å². The molecule has 1 amide bonds. The first kappa shape index (κ1) is 12.1. The molecule has 0 bridgehead atoms. The molecule has 1 saturated carbocycles. The zero-order valence-electron chi connectivity index (χ0n) is 10.1. The lowest BCUT2D eigenvalue weighted by atomic mass is 9.83. The lowest BCUT2D eigenvalue weighted by Gasteiger charge is -2.37. The number of amides is 1. The molecule has 0 aliphatic heterocycles. The summed E-state index contributed by atoms with van der Waals surface area (Å²) in [6.45, 7) is 0.638. The van der Waals surface area contributed by atoms with E-state index >= 15 is 0 Å². The van der Waals surface area contributed by atoms with Crippen molar-refractivity contribution in [2.75, 3.05) is 13.6 Å². The van der Waals surface area contributed by atoms with Crippen LogP contribution in [0.2, 0.25) is 0 Å². The number of carbonyl (C=O) groups is 1. The van der Waals surface area contributed by atoms with Gasteiger partial charge in [0, 0.05) is 19.2 Å². The highest BCUT2D eigenvalue weighted by atomic mass is 16.5. The third kappa shape index (κ3) is 2.49. The highest BCUT2D eigenvalue weighted by Crippen LogP contribution is 2.27. The molecule has 5 heteroatoms. The van der Waals surface area contributed by atoms with E-state index in [-0.39, 0.29) is 11.9 Å². The highest BCUT2D eigenvalue weighted by molar-refractivity contribution is 5.91. The van der Waals surface area contributed by atoms with Crippen LogP contribution in [0.15, 0.2) is 16.8 Å². The van der Waals surface area contributed by atoms with Gasteiger partial charge in [0.05, 0.1) is 6.20 Å². The van der Waals surface area contributed by atoms with Crippen LogP contribution in [0.5, 0.6) is 0 Å². The third-order valence-corrected chi connectivity index (χ3v) is 3.64. The normalized spacial score (nSPS) is 24.6. The van der Waals surface area contributed by atoms with E-state index in [0.29, 0.717) is 18.2 Å². The number of hydrogen-bond acceptors (Lipinski definition) is 4. The molecule has 1 aromatic rings. The summed E-state index contributed by atoms with van der Waals surface area (Å²) in [6, 6.07) is 1.82. The largest absolute Gasteiger partial charge is 0.351 e. The molecule has 0 radical (unpaired) electrons. The van der Waals surface area contributed by atoms with E-state index in [1.165, 1.54) is 12.6 Å². The summed E-state index contributed by atoms with van der Waals surface area (Å²) < 4.78 is 4.90. The van der Waals surface area contributed by atoms with Crippen LogP contribution in [0.4, 0.5) is 0 Å². The van der Waals surface area contributed by atoms with Gasteiger partial charge in [-0.2, -0.15) is 0 Å². The Bertz CT molecular complexity index is 364. The Morgan fingerprint density at radius 2 is 2.35 bits per heavy atom. The van der Waals surface area contributed by atoms with Gasteiger partial charge in [-0.3, -0.25) is 4.79 Å². The van der Waals surface area contributed by atoms with E-state index in [4.69, 9.17) is 10.3 Å². The van der Waals surface area contributed by atoms with Crippen LogP contribution in [0, 0.1) is 5.92 Å². The summed E-state index contributed by atoms with van der Waals surface area (Å²) in [5.41, 5.74) is 5.78. The number of nitrogens with two attached hydrogens (primary N) is 1. The molecule has 94 valence electrons. The summed E-state index contributed by atoms with van der Waals surface area (Å²) in [7, 11) is 1.82. The molecule has 1 aromatic heterocycles. The van der Waals surface area contributed by atoms with Crippen molar-refractivity contribution in [1.82, 2.24) is 10.1 Å². The molecule has 2 rings (SSSR count). The Morgan fingerprint density at radius 1 is 1.59 bits per heavy atom. The monoisotopic (exact) mass is 237 g/mol. The van der Waals surface area contributed by atoms with Gasteiger partial charge < -0.3 is 15.2 Å². The van der Waals surface area contributed by atoms with E-state index in [1.807, 2.05) is 7.05 Å². The van der Waals surface area contributed by atoms with Crippen LogP contribution < -0.4 is 5.73 Å². The quantitative estimate of drug-likeness (QED) is 0.859. The second-order valence-electron chi connectivity index (χ2n) is 4.64. The summed E-state index contributed by atoms with van der Waals surface area (Å²) in [6.07, 6.45) is 5.99. The van der Waals surface area contributed by atoms with Crippen molar-refractivity contribution < 1.29 is 9.32 Å². The minimum absolute atomic E-state index is 0.104. The Labute approximate surface area is 101 Å². The number of nitrogens with zero attached hydrogens (tertiary/aromatic N) is 2. The maximum atomic E-state index is 12.1. The van der Waals surface area contributed by atoms with Crippen molar-refractivity contribution in [3.05, 3.63) is 18.0 Å². The van der Waals surface area contributed by atoms with E-state index < -0.39 is 0 Å². The molecular weight excluding hydrogens is 218 g/mol. The van der Waals surface area contributed by atoms with Gasteiger partial charge in [0.25, 0.3) is 5.91 Å². The van der Waals surface area contributed by atoms with Crippen LogP contribution in [0.25, 0.3) is 0 Å². The lowest BCUT2D eigenvalue weighted by molar-refractivity contribution is 0.0579. The minimum atomic E-state index is -0.104. The number of rotatable bonds is 3. The van der Waals surface area contributed by atoms with Gasteiger partial charge in [-0.15, -0.1) is 0 Å². The molecule has 2 atom stereocenters. The summed E-state index contributed by atoms with van der Waals surface area (Å²) >= 11 is 0. The second kappa shape index (κ2) is 5.31. The zero-order chi connectivity index (χ0) is 12.3. The molecule has 17 heavy (non-hydrogen) atoms. The Balaban J connectivity index is 2.07. The first-order valence-corrected chi connectivity index (χ1v) is 6.12. The Kier molecular flexibility index (Phi) is 3.78. The molecule has 1 fully saturated rings. The first-order valence-electron chi connectivity index (χ1n) is 6.12. The van der Waals surface area contributed by atoms with Gasteiger partial charge in [-0.05, 0) is 25.3 Å². The van der Waals surface area contributed by atoms with Gasteiger partial charge in [-0.25, -0.2) is 0 Å². The molecule has 2 N–H and O–H groups in total. The third-order valence-electron chi connectivity index (χ3n) is 3.64. The molecular formula is C12H19N3O2. The Hall–Kier alpha value is -1.36.